The number of allylic oxidation sites excluding steroid dienone is 1. The summed E-state index contributed by atoms with van der Waals surface area (Å²) < 4.78 is 24.0. The van der Waals surface area contributed by atoms with Crippen molar-refractivity contribution < 1.29 is 23.5 Å². The van der Waals surface area contributed by atoms with Gasteiger partial charge in [-0.3, -0.25) is 4.79 Å². The van der Waals surface area contributed by atoms with Crippen LogP contribution in [-0.2, 0) is 4.74 Å². The molecule has 2 aromatic carbocycles. The molecule has 6 heteroatoms. The minimum absolute atomic E-state index is 0.265. The van der Waals surface area contributed by atoms with E-state index in [4.69, 9.17) is 9.47 Å². The minimum atomic E-state index is -0.438. The Morgan fingerprint density at radius 1 is 1.04 bits per heavy atom. The van der Waals surface area contributed by atoms with Crippen LogP contribution in [-0.4, -0.2) is 43.1 Å². The van der Waals surface area contributed by atoms with E-state index in [2.05, 4.69) is 0 Å². The van der Waals surface area contributed by atoms with Crippen molar-refractivity contribution in [1.82, 2.24) is 4.90 Å². The average molecular weight is 355 g/mol. The Morgan fingerprint density at radius 3 is 2.42 bits per heavy atom. The molecule has 0 bridgehead atoms. The zero-order valence-electron chi connectivity index (χ0n) is 14.1. The standard InChI is InChI=1S/C20H18FNO4/c21-18-4-2-1-3-15(18)7-10-19(23)16-5-8-17(9-6-16)26-20(24)22-11-13-25-14-12-22/h1-10H,11-14H2. The molecule has 1 aliphatic rings. The molecule has 0 saturated carbocycles. The molecule has 5 nitrogen and oxygen atoms in total. The Kier molecular flexibility index (Phi) is 5.76. The number of halogens is 1. The molecule has 3 rings (SSSR count). The van der Waals surface area contributed by atoms with E-state index in [1.54, 1.807) is 47.4 Å². The van der Waals surface area contributed by atoms with Crippen LogP contribution in [0.4, 0.5) is 9.18 Å². The molecule has 134 valence electrons. The summed E-state index contributed by atoms with van der Waals surface area (Å²) in [7, 11) is 0. The average Bonchev–Trinajstić information content (AvgIpc) is 2.68. The number of ketones is 1. The van der Waals surface area contributed by atoms with E-state index in [9.17, 15) is 14.0 Å². The third kappa shape index (κ3) is 4.55. The molecular formula is C20H18FNO4. The summed E-state index contributed by atoms with van der Waals surface area (Å²) >= 11 is 0. The summed E-state index contributed by atoms with van der Waals surface area (Å²) in [5.74, 6) is -0.294. The fraction of sp³-hybridized carbons (Fsp3) is 0.200. The quantitative estimate of drug-likeness (QED) is 0.622. The lowest BCUT2D eigenvalue weighted by molar-refractivity contribution is 0.0416. The molecule has 0 unspecified atom stereocenters. The van der Waals surface area contributed by atoms with E-state index < -0.39 is 6.09 Å². The third-order valence-corrected chi connectivity index (χ3v) is 3.93. The molecule has 2 aromatic rings. The summed E-state index contributed by atoms with van der Waals surface area (Å²) in [6.45, 7) is 1.99. The first kappa shape index (κ1) is 17.8. The molecule has 1 aliphatic heterocycles. The zero-order chi connectivity index (χ0) is 18.4. The number of nitrogens with zero attached hydrogens (tertiary/aromatic N) is 1. The van der Waals surface area contributed by atoms with E-state index in [1.165, 1.54) is 18.2 Å². The predicted molar refractivity (Wildman–Crippen MR) is 94.6 cm³/mol. The molecule has 0 aliphatic carbocycles. The Hall–Kier alpha value is -2.99. The highest BCUT2D eigenvalue weighted by Gasteiger charge is 2.18. The first-order valence-electron chi connectivity index (χ1n) is 8.25. The Balaban J connectivity index is 1.60. The highest BCUT2D eigenvalue weighted by atomic mass is 19.1. The van der Waals surface area contributed by atoms with Gasteiger partial charge in [0.1, 0.15) is 11.6 Å². The maximum atomic E-state index is 13.5. The minimum Gasteiger partial charge on any atom is -0.410 e. The van der Waals surface area contributed by atoms with Crippen molar-refractivity contribution in [2.24, 2.45) is 0 Å². The maximum Gasteiger partial charge on any atom is 0.415 e. The van der Waals surface area contributed by atoms with Gasteiger partial charge in [0.15, 0.2) is 5.78 Å². The van der Waals surface area contributed by atoms with Crippen molar-refractivity contribution >= 4 is 18.0 Å². The van der Waals surface area contributed by atoms with Gasteiger partial charge in [-0.15, -0.1) is 0 Å². The van der Waals surface area contributed by atoms with Gasteiger partial charge in [-0.25, -0.2) is 9.18 Å². The number of ether oxygens (including phenoxy) is 2. The van der Waals surface area contributed by atoms with Crippen molar-refractivity contribution in [2.75, 3.05) is 26.3 Å². The van der Waals surface area contributed by atoms with Gasteiger partial charge in [0.25, 0.3) is 0 Å². The van der Waals surface area contributed by atoms with Crippen LogP contribution < -0.4 is 4.74 Å². The van der Waals surface area contributed by atoms with Crippen LogP contribution in [0.25, 0.3) is 6.08 Å². The Labute approximate surface area is 150 Å². The highest BCUT2D eigenvalue weighted by Crippen LogP contribution is 2.15. The van der Waals surface area contributed by atoms with Gasteiger partial charge in [0.05, 0.1) is 13.2 Å². The monoisotopic (exact) mass is 355 g/mol. The molecule has 26 heavy (non-hydrogen) atoms. The number of carbonyl (C=O) groups is 2. The molecule has 0 radical (unpaired) electrons. The molecule has 0 aromatic heterocycles. The lowest BCUT2D eigenvalue weighted by Crippen LogP contribution is -2.42. The maximum absolute atomic E-state index is 13.5. The van der Waals surface area contributed by atoms with Crippen molar-refractivity contribution in [3.63, 3.8) is 0 Å². The second kappa shape index (κ2) is 8.40. The van der Waals surface area contributed by atoms with Gasteiger partial charge in [-0.1, -0.05) is 18.2 Å². The van der Waals surface area contributed by atoms with E-state index in [0.717, 1.165) is 0 Å². The number of hydrogen-bond donors (Lipinski definition) is 0. The normalized spacial score (nSPS) is 14.4. The molecular weight excluding hydrogens is 337 g/mol. The SMILES string of the molecule is O=C(C=Cc1ccccc1F)c1ccc(OC(=O)N2CCOCC2)cc1. The number of hydrogen-bond acceptors (Lipinski definition) is 4. The molecule has 0 N–H and O–H groups in total. The van der Waals surface area contributed by atoms with E-state index in [-0.39, 0.29) is 11.6 Å². The Morgan fingerprint density at radius 2 is 1.73 bits per heavy atom. The van der Waals surface area contributed by atoms with Gasteiger partial charge in [0.2, 0.25) is 0 Å². The fourth-order valence-corrected chi connectivity index (χ4v) is 2.47. The molecule has 1 fully saturated rings. The number of carbonyl (C=O) groups excluding carboxylic acids is 2. The lowest BCUT2D eigenvalue weighted by Gasteiger charge is -2.25. The summed E-state index contributed by atoms with van der Waals surface area (Å²) in [4.78, 5) is 25.8. The zero-order valence-corrected chi connectivity index (χ0v) is 14.1. The molecule has 0 spiro atoms. The van der Waals surface area contributed by atoms with Gasteiger partial charge in [-0.05, 0) is 42.5 Å². The van der Waals surface area contributed by atoms with E-state index in [1.807, 2.05) is 0 Å². The van der Waals surface area contributed by atoms with Crippen LogP contribution in [0.5, 0.6) is 5.75 Å². The van der Waals surface area contributed by atoms with Crippen molar-refractivity contribution in [1.29, 1.82) is 0 Å². The molecule has 0 atom stereocenters. The van der Waals surface area contributed by atoms with Gasteiger partial charge >= 0.3 is 6.09 Å². The van der Waals surface area contributed by atoms with Crippen LogP contribution in [0.15, 0.2) is 54.6 Å². The van der Waals surface area contributed by atoms with Crippen molar-refractivity contribution in [3.05, 3.63) is 71.6 Å². The fourth-order valence-electron chi connectivity index (χ4n) is 2.47. The van der Waals surface area contributed by atoms with Gasteiger partial charge in [0, 0.05) is 24.2 Å². The van der Waals surface area contributed by atoms with Crippen LogP contribution in [0.2, 0.25) is 0 Å². The van der Waals surface area contributed by atoms with Gasteiger partial charge in [-0.2, -0.15) is 0 Å². The molecule has 1 saturated heterocycles. The first-order valence-corrected chi connectivity index (χ1v) is 8.25. The third-order valence-electron chi connectivity index (χ3n) is 3.93. The summed E-state index contributed by atoms with van der Waals surface area (Å²) in [6.07, 6.45) is 2.31. The molecule has 1 amide bonds. The van der Waals surface area contributed by atoms with Crippen LogP contribution in [0, 0.1) is 5.82 Å². The van der Waals surface area contributed by atoms with Crippen LogP contribution in [0.1, 0.15) is 15.9 Å². The summed E-state index contributed by atoms with van der Waals surface area (Å²) in [5, 5.41) is 0. The van der Waals surface area contributed by atoms with Crippen molar-refractivity contribution in [3.8, 4) is 5.75 Å². The predicted octanol–water partition coefficient (Wildman–Crippen LogP) is 3.55. The molecule has 1 heterocycles. The highest BCUT2D eigenvalue weighted by molar-refractivity contribution is 6.06. The number of benzene rings is 2. The first-order chi connectivity index (χ1) is 12.6. The van der Waals surface area contributed by atoms with Crippen molar-refractivity contribution in [2.45, 2.75) is 0 Å². The Bertz CT molecular complexity index is 811. The number of amides is 1. The second-order valence-corrected chi connectivity index (χ2v) is 5.71. The van der Waals surface area contributed by atoms with Crippen LogP contribution in [0.3, 0.4) is 0 Å². The van der Waals surface area contributed by atoms with E-state index >= 15 is 0 Å². The van der Waals surface area contributed by atoms with Gasteiger partial charge < -0.3 is 14.4 Å². The summed E-state index contributed by atoms with van der Waals surface area (Å²) in [6, 6.07) is 12.5. The number of rotatable bonds is 4. The number of morpholine rings is 1. The summed E-state index contributed by atoms with van der Waals surface area (Å²) in [5.41, 5.74) is 0.765. The lowest BCUT2D eigenvalue weighted by atomic mass is 10.1. The van der Waals surface area contributed by atoms with Crippen LogP contribution >= 0.6 is 0 Å². The largest absolute Gasteiger partial charge is 0.415 e. The van der Waals surface area contributed by atoms with E-state index in [0.29, 0.717) is 43.2 Å². The smallest absolute Gasteiger partial charge is 0.410 e. The second-order valence-electron chi connectivity index (χ2n) is 5.71. The topological polar surface area (TPSA) is 55.8 Å².